The van der Waals surface area contributed by atoms with Crippen LogP contribution in [-0.4, -0.2) is 71.7 Å². The highest BCUT2D eigenvalue weighted by Crippen LogP contribution is 2.65. The number of aliphatic hydroxyl groups excluding tert-OH is 1. The number of carbonyl (C=O) groups is 3. The van der Waals surface area contributed by atoms with E-state index in [-0.39, 0.29) is 30.2 Å². The fraction of sp³-hybridized carbons (Fsp3) is 0.864. The highest BCUT2D eigenvalue weighted by atomic mass is 16.5. The molecule has 0 saturated carbocycles. The van der Waals surface area contributed by atoms with Crippen molar-refractivity contribution in [3.05, 3.63) is 0 Å². The highest BCUT2D eigenvalue weighted by molar-refractivity contribution is 5.99. The first-order chi connectivity index (χ1) is 14.3. The molecule has 0 aromatic carbocycles. The van der Waals surface area contributed by atoms with Gasteiger partial charge in [0.25, 0.3) is 0 Å². The van der Waals surface area contributed by atoms with Gasteiger partial charge in [-0.15, -0.1) is 0 Å². The lowest BCUT2D eigenvalue weighted by Crippen LogP contribution is -2.56. The molecular weight excluding hydrogens is 386 g/mol. The molecule has 1 spiro atoms. The summed E-state index contributed by atoms with van der Waals surface area (Å²) in [5, 5.41) is 14.8. The third kappa shape index (κ3) is 3.42. The maximum Gasteiger partial charge on any atom is 0.245 e. The molecule has 8 nitrogen and oxygen atoms in total. The number of amides is 3. The number of nitrogens with one attached hydrogen (secondary N) is 2. The zero-order chi connectivity index (χ0) is 22.1. The van der Waals surface area contributed by atoms with Crippen molar-refractivity contribution in [1.29, 1.82) is 0 Å². The zero-order valence-corrected chi connectivity index (χ0v) is 18.7. The summed E-state index contributed by atoms with van der Waals surface area (Å²) in [6.07, 6.45) is 4.56. The summed E-state index contributed by atoms with van der Waals surface area (Å²) in [5.74, 6) is -1.72. The summed E-state index contributed by atoms with van der Waals surface area (Å²) < 4.78 is 6.56. The van der Waals surface area contributed by atoms with Crippen LogP contribution in [0.5, 0.6) is 0 Å². The van der Waals surface area contributed by atoms with Crippen molar-refractivity contribution in [2.45, 2.75) is 76.5 Å². The number of fused-ring (bicyclic) bond motifs is 1. The number of likely N-dealkylation sites (tertiary alicyclic amines) is 1. The first-order valence-corrected chi connectivity index (χ1v) is 11.4. The lowest BCUT2D eigenvalue weighted by atomic mass is 9.62. The Morgan fingerprint density at radius 3 is 2.60 bits per heavy atom. The first kappa shape index (κ1) is 23.0. The van der Waals surface area contributed by atoms with Crippen molar-refractivity contribution < 1.29 is 24.2 Å². The molecule has 170 valence electrons. The van der Waals surface area contributed by atoms with Crippen LogP contribution in [0.3, 0.4) is 0 Å². The Bertz CT molecular complexity index is 686. The van der Waals surface area contributed by atoms with Crippen LogP contribution < -0.4 is 10.6 Å². The largest absolute Gasteiger partial charge is 0.396 e. The molecule has 3 unspecified atom stereocenters. The number of carbonyl (C=O) groups excluding carboxylic acids is 3. The molecule has 3 rings (SSSR count). The van der Waals surface area contributed by atoms with E-state index in [4.69, 9.17) is 9.84 Å². The third-order valence-electron chi connectivity index (χ3n) is 7.48. The van der Waals surface area contributed by atoms with E-state index in [1.807, 2.05) is 13.8 Å². The van der Waals surface area contributed by atoms with Crippen molar-refractivity contribution in [3.63, 3.8) is 0 Å². The topological polar surface area (TPSA) is 108 Å². The summed E-state index contributed by atoms with van der Waals surface area (Å²) in [5.41, 5.74) is -1.72. The Hall–Kier alpha value is -1.67. The van der Waals surface area contributed by atoms with Crippen molar-refractivity contribution in [1.82, 2.24) is 15.5 Å². The number of unbranched alkanes of at least 4 members (excludes halogenated alkanes) is 3. The lowest BCUT2D eigenvalue weighted by Gasteiger charge is -2.36. The van der Waals surface area contributed by atoms with E-state index in [1.165, 1.54) is 0 Å². The van der Waals surface area contributed by atoms with Crippen LogP contribution in [0.15, 0.2) is 0 Å². The number of aliphatic hydroxyl groups is 1. The van der Waals surface area contributed by atoms with E-state index in [1.54, 1.807) is 11.9 Å². The Labute approximate surface area is 179 Å². The Morgan fingerprint density at radius 1 is 1.23 bits per heavy atom. The fourth-order valence-electron chi connectivity index (χ4n) is 5.89. The second-order valence-corrected chi connectivity index (χ2v) is 9.28. The minimum absolute atomic E-state index is 0.0594. The molecule has 30 heavy (non-hydrogen) atoms. The first-order valence-electron chi connectivity index (χ1n) is 11.4. The van der Waals surface area contributed by atoms with Gasteiger partial charge in [-0.1, -0.05) is 20.3 Å². The molecule has 3 amide bonds. The van der Waals surface area contributed by atoms with Crippen molar-refractivity contribution in [2.24, 2.45) is 17.8 Å². The summed E-state index contributed by atoms with van der Waals surface area (Å²) >= 11 is 0. The molecule has 0 radical (unpaired) electrons. The molecule has 0 aromatic heterocycles. The molecule has 3 N–H and O–H groups in total. The summed E-state index contributed by atoms with van der Waals surface area (Å²) in [7, 11) is 1.58. The van der Waals surface area contributed by atoms with Gasteiger partial charge in [-0.05, 0) is 44.9 Å². The average Bonchev–Trinajstić information content (AvgIpc) is 3.22. The van der Waals surface area contributed by atoms with Gasteiger partial charge >= 0.3 is 0 Å². The van der Waals surface area contributed by atoms with E-state index in [9.17, 15) is 14.4 Å². The van der Waals surface area contributed by atoms with Crippen LogP contribution in [-0.2, 0) is 19.1 Å². The van der Waals surface area contributed by atoms with E-state index in [0.29, 0.717) is 32.4 Å². The zero-order valence-electron chi connectivity index (χ0n) is 18.7. The highest BCUT2D eigenvalue weighted by Gasteiger charge is 2.79. The van der Waals surface area contributed by atoms with Gasteiger partial charge in [0.1, 0.15) is 11.6 Å². The summed E-state index contributed by atoms with van der Waals surface area (Å²) in [4.78, 5) is 41.4. The molecule has 0 aliphatic carbocycles. The summed E-state index contributed by atoms with van der Waals surface area (Å²) in [6, 6.07) is -0.722. The van der Waals surface area contributed by atoms with E-state index in [2.05, 4.69) is 17.6 Å². The Balaban J connectivity index is 1.95. The molecular formula is C22H37N3O5. The minimum atomic E-state index is -0.963. The van der Waals surface area contributed by atoms with Crippen LogP contribution in [0.25, 0.3) is 0 Å². The molecule has 3 heterocycles. The van der Waals surface area contributed by atoms with E-state index in [0.717, 1.165) is 19.3 Å². The van der Waals surface area contributed by atoms with Crippen molar-refractivity contribution >= 4 is 17.7 Å². The lowest BCUT2D eigenvalue weighted by molar-refractivity contribution is -0.147. The molecule has 2 bridgehead atoms. The maximum absolute atomic E-state index is 13.6. The Morgan fingerprint density at radius 2 is 1.97 bits per heavy atom. The van der Waals surface area contributed by atoms with Gasteiger partial charge in [0.05, 0.1) is 17.4 Å². The monoisotopic (exact) mass is 423 g/mol. The van der Waals surface area contributed by atoms with Gasteiger partial charge in [-0.25, -0.2) is 0 Å². The van der Waals surface area contributed by atoms with Gasteiger partial charge in [0.2, 0.25) is 17.7 Å². The van der Waals surface area contributed by atoms with Crippen LogP contribution in [0.4, 0.5) is 0 Å². The van der Waals surface area contributed by atoms with Gasteiger partial charge in [-0.2, -0.15) is 0 Å². The van der Waals surface area contributed by atoms with Gasteiger partial charge in [0, 0.05) is 26.7 Å². The molecule has 0 aromatic rings. The van der Waals surface area contributed by atoms with Gasteiger partial charge in [0.15, 0.2) is 0 Å². The minimum Gasteiger partial charge on any atom is -0.396 e. The number of hydrogen-bond donors (Lipinski definition) is 3. The predicted molar refractivity (Wildman–Crippen MR) is 111 cm³/mol. The van der Waals surface area contributed by atoms with E-state index < -0.39 is 29.1 Å². The fourth-order valence-corrected chi connectivity index (χ4v) is 5.89. The molecule has 3 saturated heterocycles. The number of ether oxygens (including phenoxy) is 1. The number of nitrogens with zero attached hydrogens (tertiary/aromatic N) is 1. The third-order valence-corrected chi connectivity index (χ3v) is 7.48. The second-order valence-electron chi connectivity index (χ2n) is 9.28. The Kier molecular flexibility index (Phi) is 6.77. The van der Waals surface area contributed by atoms with Crippen LogP contribution in [0, 0.1) is 17.8 Å². The smallest absolute Gasteiger partial charge is 0.245 e. The molecule has 3 fully saturated rings. The number of rotatable bonds is 10. The van der Waals surface area contributed by atoms with Gasteiger partial charge < -0.3 is 25.4 Å². The normalized spacial score (nSPS) is 36.8. The molecule has 3 aliphatic heterocycles. The van der Waals surface area contributed by atoms with Crippen molar-refractivity contribution in [3.8, 4) is 0 Å². The van der Waals surface area contributed by atoms with Crippen LogP contribution >= 0.6 is 0 Å². The average molecular weight is 424 g/mol. The van der Waals surface area contributed by atoms with Gasteiger partial charge in [-0.3, -0.25) is 14.4 Å². The maximum atomic E-state index is 13.6. The molecule has 6 atom stereocenters. The quantitative estimate of drug-likeness (QED) is 0.451. The predicted octanol–water partition coefficient (Wildman–Crippen LogP) is 0.822. The number of hydrogen-bond acceptors (Lipinski definition) is 5. The van der Waals surface area contributed by atoms with Crippen LogP contribution in [0.2, 0.25) is 0 Å². The van der Waals surface area contributed by atoms with Crippen molar-refractivity contribution in [2.75, 3.05) is 26.7 Å². The summed E-state index contributed by atoms with van der Waals surface area (Å²) in [6.45, 7) is 7.12. The van der Waals surface area contributed by atoms with E-state index >= 15 is 0 Å². The van der Waals surface area contributed by atoms with Crippen LogP contribution in [0.1, 0.15) is 59.3 Å². The standard InChI is InChI=1S/C22H37N3O5/c1-5-6-10-24-19(28)17-22-13-14(2)21(3,30-22)15(18(27)23-4)16(22)20(29)25(17)11-8-7-9-12-26/h14-17,26H,5-13H2,1-4H3,(H,23,27)(H,24,28)/t14?,15-,16-,17?,21+,22?/m0/s1. The molecule has 8 heteroatoms. The second kappa shape index (κ2) is 8.83. The SMILES string of the molecule is CCCCNC(=O)C1N(CCCCCO)C(=O)[C@@H]2[C@@H](C(=O)NC)[C@]3(C)OC12CC3C. The molecule has 3 aliphatic rings.